The summed E-state index contributed by atoms with van der Waals surface area (Å²) in [6.07, 6.45) is 6.01. The summed E-state index contributed by atoms with van der Waals surface area (Å²) in [5, 5.41) is 4.96. The lowest BCUT2D eigenvalue weighted by Gasteiger charge is -2.24. The number of benzene rings is 2. The number of aromatic nitrogens is 3. The topological polar surface area (TPSA) is 84.5 Å². The van der Waals surface area contributed by atoms with Crippen molar-refractivity contribution in [1.29, 1.82) is 0 Å². The highest BCUT2D eigenvalue weighted by molar-refractivity contribution is 6.33. The van der Waals surface area contributed by atoms with E-state index >= 15 is 0 Å². The van der Waals surface area contributed by atoms with E-state index in [1.807, 2.05) is 19.2 Å². The number of aryl methyl sites for hydroxylation is 2. The molecule has 1 aliphatic rings. The number of nitrogen functional groups attached to an aromatic ring is 1. The van der Waals surface area contributed by atoms with E-state index in [9.17, 15) is 0 Å². The van der Waals surface area contributed by atoms with E-state index in [-0.39, 0.29) is 0 Å². The molecule has 8 nitrogen and oxygen atoms in total. The summed E-state index contributed by atoms with van der Waals surface area (Å²) in [7, 11) is 7.77. The second kappa shape index (κ2) is 9.87. The van der Waals surface area contributed by atoms with E-state index in [1.165, 1.54) is 11.1 Å². The molecule has 0 atom stereocenters. The molecule has 0 bridgehead atoms. The molecule has 188 valence electrons. The third kappa shape index (κ3) is 4.54. The van der Waals surface area contributed by atoms with Gasteiger partial charge in [0.25, 0.3) is 0 Å². The van der Waals surface area contributed by atoms with Crippen LogP contribution >= 0.6 is 11.6 Å². The lowest BCUT2D eigenvalue weighted by Crippen LogP contribution is -2.29. The maximum absolute atomic E-state index is 6.62. The molecular formula is C27H32ClN7O. The number of nitrogens with zero attached hydrogens (tertiary/aromatic N) is 5. The van der Waals surface area contributed by atoms with E-state index in [0.29, 0.717) is 33.8 Å². The fourth-order valence-corrected chi connectivity index (χ4v) is 5.03. The summed E-state index contributed by atoms with van der Waals surface area (Å²) in [5.41, 5.74) is 13.0. The van der Waals surface area contributed by atoms with E-state index in [2.05, 4.69) is 63.2 Å². The monoisotopic (exact) mass is 505 g/mol. The summed E-state index contributed by atoms with van der Waals surface area (Å²) < 4.78 is 7.99. The first-order chi connectivity index (χ1) is 17.4. The third-order valence-electron chi connectivity index (χ3n) is 6.72. The van der Waals surface area contributed by atoms with Gasteiger partial charge in [-0.3, -0.25) is 0 Å². The number of likely N-dealkylation sites (N-methyl/N-ethyl adjacent to an activating group) is 2. The lowest BCUT2D eigenvalue weighted by atomic mass is 10.0. The van der Waals surface area contributed by atoms with Gasteiger partial charge in [-0.1, -0.05) is 29.8 Å². The largest absolute Gasteiger partial charge is 0.494 e. The normalized spacial score (nSPS) is 12.8. The minimum absolute atomic E-state index is 0.424. The molecule has 4 aromatic rings. The molecule has 0 radical (unpaired) electrons. The maximum atomic E-state index is 6.62. The second-order valence-electron chi connectivity index (χ2n) is 9.50. The van der Waals surface area contributed by atoms with Crippen molar-refractivity contribution in [2.45, 2.75) is 19.4 Å². The molecule has 0 amide bonds. The molecule has 5 rings (SSSR count). The van der Waals surface area contributed by atoms with E-state index < -0.39 is 0 Å². The van der Waals surface area contributed by atoms with Crippen molar-refractivity contribution in [2.24, 2.45) is 0 Å². The van der Waals surface area contributed by atoms with Crippen LogP contribution in [-0.2, 0) is 13.0 Å². The summed E-state index contributed by atoms with van der Waals surface area (Å²) in [6.45, 7) is 2.75. The molecular weight excluding hydrogens is 474 g/mol. The van der Waals surface area contributed by atoms with Crippen LogP contribution in [-0.4, -0.2) is 60.8 Å². The molecule has 9 heteroatoms. The minimum atomic E-state index is 0.424. The Morgan fingerprint density at radius 1 is 1.19 bits per heavy atom. The zero-order valence-corrected chi connectivity index (χ0v) is 21.9. The number of hydrogen-bond acceptors (Lipinski definition) is 7. The van der Waals surface area contributed by atoms with Crippen LogP contribution in [0.15, 0.2) is 42.7 Å². The van der Waals surface area contributed by atoms with Gasteiger partial charge in [-0.25, -0.2) is 9.97 Å². The summed E-state index contributed by atoms with van der Waals surface area (Å²) in [4.78, 5) is 13.5. The minimum Gasteiger partial charge on any atom is -0.494 e. The average Bonchev–Trinajstić information content (AvgIpc) is 3.24. The van der Waals surface area contributed by atoms with Gasteiger partial charge in [0.1, 0.15) is 5.75 Å². The molecule has 36 heavy (non-hydrogen) atoms. The highest BCUT2D eigenvalue weighted by Crippen LogP contribution is 2.39. The van der Waals surface area contributed by atoms with Gasteiger partial charge in [0.2, 0.25) is 5.95 Å². The van der Waals surface area contributed by atoms with Gasteiger partial charge < -0.3 is 30.2 Å². The summed E-state index contributed by atoms with van der Waals surface area (Å²) in [6, 6.07) is 10.2. The molecule has 0 fully saturated rings. The Hall–Kier alpha value is -3.49. The van der Waals surface area contributed by atoms with E-state index in [4.69, 9.17) is 27.1 Å². The smallest absolute Gasteiger partial charge is 0.227 e. The number of halogens is 1. The van der Waals surface area contributed by atoms with E-state index in [1.54, 1.807) is 13.3 Å². The maximum Gasteiger partial charge on any atom is 0.227 e. The first-order valence-electron chi connectivity index (χ1n) is 12.1. The molecule has 2 aromatic carbocycles. The Balaban J connectivity index is 1.49. The summed E-state index contributed by atoms with van der Waals surface area (Å²) in [5.74, 6) is 1.08. The highest BCUT2D eigenvalue weighted by atomic mass is 35.5. The molecule has 0 saturated carbocycles. The SMILES string of the molecule is COc1cc(N(C)CCN(C)C)c(N)cc1Nc1ncc(Cl)c(-c2cn3c4c(cccc24)CCC3)n1. The number of methoxy groups -OCH3 is 1. The Bertz CT molecular complexity index is 1420. The average molecular weight is 506 g/mol. The highest BCUT2D eigenvalue weighted by Gasteiger charge is 2.20. The predicted molar refractivity (Wildman–Crippen MR) is 149 cm³/mol. The third-order valence-corrected chi connectivity index (χ3v) is 6.99. The van der Waals surface area contributed by atoms with Crippen molar-refractivity contribution in [3.8, 4) is 17.0 Å². The number of nitrogens with one attached hydrogen (secondary N) is 1. The molecule has 0 aliphatic carbocycles. The standard InChI is InChI=1S/C27H32ClN7O/c1-33(2)11-12-34(3)23-14-24(36-4)22(13-21(23)29)31-27-30-15-20(28)25(32-27)19-16-35-10-6-8-17-7-5-9-18(19)26(17)35/h5,7,9,13-16H,6,8,10-12,29H2,1-4H3,(H,30,31,32). The van der Waals surface area contributed by atoms with Crippen LogP contribution in [0.5, 0.6) is 5.75 Å². The van der Waals surface area contributed by atoms with Gasteiger partial charge in [-0.15, -0.1) is 0 Å². The van der Waals surface area contributed by atoms with Crippen molar-refractivity contribution in [1.82, 2.24) is 19.4 Å². The fraction of sp³-hybridized carbons (Fsp3) is 0.333. The quantitative estimate of drug-likeness (QED) is 0.325. The molecule has 1 aliphatic heterocycles. The number of anilines is 4. The van der Waals surface area contributed by atoms with Gasteiger partial charge >= 0.3 is 0 Å². The van der Waals surface area contributed by atoms with Gasteiger partial charge in [0.15, 0.2) is 0 Å². The van der Waals surface area contributed by atoms with Crippen molar-refractivity contribution in [2.75, 3.05) is 57.3 Å². The van der Waals surface area contributed by atoms with Gasteiger partial charge in [0, 0.05) is 49.9 Å². The Morgan fingerprint density at radius 3 is 2.81 bits per heavy atom. The zero-order chi connectivity index (χ0) is 25.4. The van der Waals surface area contributed by atoms with Crippen LogP contribution in [0.25, 0.3) is 22.2 Å². The predicted octanol–water partition coefficient (Wildman–Crippen LogP) is 5.03. The number of hydrogen-bond donors (Lipinski definition) is 2. The number of rotatable bonds is 8. The van der Waals surface area contributed by atoms with Gasteiger partial charge in [0.05, 0.1) is 46.6 Å². The van der Waals surface area contributed by atoms with Crippen LogP contribution < -0.4 is 20.7 Å². The second-order valence-corrected chi connectivity index (χ2v) is 9.91. The van der Waals surface area contributed by atoms with Crippen LogP contribution in [0.2, 0.25) is 5.02 Å². The van der Waals surface area contributed by atoms with Crippen LogP contribution in [0, 0.1) is 0 Å². The van der Waals surface area contributed by atoms with Crippen molar-refractivity contribution in [3.63, 3.8) is 0 Å². The van der Waals surface area contributed by atoms with Gasteiger partial charge in [-0.05, 0) is 38.6 Å². The van der Waals surface area contributed by atoms with Gasteiger partial charge in [-0.2, -0.15) is 0 Å². The van der Waals surface area contributed by atoms with Crippen LogP contribution in [0.1, 0.15) is 12.0 Å². The first-order valence-corrected chi connectivity index (χ1v) is 12.5. The molecule has 2 aromatic heterocycles. The lowest BCUT2D eigenvalue weighted by molar-refractivity contribution is 0.413. The number of para-hydroxylation sites is 1. The van der Waals surface area contributed by atoms with E-state index in [0.717, 1.165) is 49.1 Å². The number of ether oxygens (including phenoxy) is 1. The fourth-order valence-electron chi connectivity index (χ4n) is 4.83. The number of nitrogens with two attached hydrogens (primary N) is 1. The van der Waals surface area contributed by atoms with Crippen molar-refractivity contribution >= 4 is 45.5 Å². The Morgan fingerprint density at radius 2 is 2.03 bits per heavy atom. The molecule has 0 saturated heterocycles. The summed E-state index contributed by atoms with van der Waals surface area (Å²) >= 11 is 6.62. The Labute approximate surface area is 216 Å². The molecule has 0 unspecified atom stereocenters. The molecule has 3 heterocycles. The zero-order valence-electron chi connectivity index (χ0n) is 21.2. The van der Waals surface area contributed by atoms with Crippen LogP contribution in [0.3, 0.4) is 0 Å². The Kier molecular flexibility index (Phi) is 6.64. The van der Waals surface area contributed by atoms with Crippen LogP contribution in [0.4, 0.5) is 23.0 Å². The first kappa shape index (κ1) is 24.2. The molecule has 3 N–H and O–H groups in total. The van der Waals surface area contributed by atoms with Crippen molar-refractivity contribution in [3.05, 3.63) is 53.3 Å². The van der Waals surface area contributed by atoms with Crippen molar-refractivity contribution < 1.29 is 4.74 Å². The molecule has 0 spiro atoms.